The van der Waals surface area contributed by atoms with Gasteiger partial charge in [-0.05, 0) is 27.2 Å². The van der Waals surface area contributed by atoms with Crippen LogP contribution in [0.15, 0.2) is 0 Å². The van der Waals surface area contributed by atoms with E-state index in [1.54, 1.807) is 0 Å². The summed E-state index contributed by atoms with van der Waals surface area (Å²) in [4.78, 5) is 21.7. The summed E-state index contributed by atoms with van der Waals surface area (Å²) in [5.41, 5.74) is -0.317. The van der Waals surface area contributed by atoms with Crippen molar-refractivity contribution in [3.8, 4) is 0 Å². The lowest BCUT2D eigenvalue weighted by Crippen LogP contribution is -2.51. The molecule has 3 N–H and O–H groups in total. The predicted molar refractivity (Wildman–Crippen MR) is 53.1 cm³/mol. The first-order valence-electron chi connectivity index (χ1n) is 4.60. The fraction of sp³-hybridized carbons (Fsp3) is 0.778. The SMILES string of the molecule is CCC(C)(C)NC(=O)NC(C)C(=O)O. The summed E-state index contributed by atoms with van der Waals surface area (Å²) in [7, 11) is 0. The number of carbonyl (C=O) groups is 2. The van der Waals surface area contributed by atoms with Crippen molar-refractivity contribution in [2.45, 2.75) is 45.7 Å². The minimum absolute atomic E-state index is 0.317. The first-order chi connectivity index (χ1) is 6.28. The first-order valence-corrected chi connectivity index (χ1v) is 4.60. The summed E-state index contributed by atoms with van der Waals surface area (Å²) in [6, 6.07) is -1.32. The van der Waals surface area contributed by atoms with Crippen molar-refractivity contribution in [1.82, 2.24) is 10.6 Å². The zero-order valence-electron chi connectivity index (χ0n) is 9.05. The van der Waals surface area contributed by atoms with Crippen molar-refractivity contribution in [2.75, 3.05) is 0 Å². The molecule has 14 heavy (non-hydrogen) atoms. The highest BCUT2D eigenvalue weighted by atomic mass is 16.4. The van der Waals surface area contributed by atoms with Gasteiger partial charge in [0.05, 0.1) is 0 Å². The van der Waals surface area contributed by atoms with Crippen LogP contribution in [0.2, 0.25) is 0 Å². The molecule has 0 aliphatic heterocycles. The average molecular weight is 202 g/mol. The Balaban J connectivity index is 4.05. The van der Waals surface area contributed by atoms with Gasteiger partial charge in [0.2, 0.25) is 0 Å². The molecule has 0 heterocycles. The van der Waals surface area contributed by atoms with Gasteiger partial charge in [0.15, 0.2) is 0 Å². The van der Waals surface area contributed by atoms with E-state index in [0.717, 1.165) is 6.42 Å². The van der Waals surface area contributed by atoms with Crippen LogP contribution in [0.4, 0.5) is 4.79 Å². The molecule has 0 radical (unpaired) electrons. The zero-order chi connectivity index (χ0) is 11.4. The van der Waals surface area contributed by atoms with Crippen molar-refractivity contribution >= 4 is 12.0 Å². The second kappa shape index (κ2) is 4.83. The maximum absolute atomic E-state index is 11.2. The van der Waals surface area contributed by atoms with E-state index in [-0.39, 0.29) is 5.54 Å². The average Bonchev–Trinajstić information content (AvgIpc) is 2.02. The second-order valence-corrected chi connectivity index (χ2v) is 3.90. The molecule has 0 aliphatic carbocycles. The van der Waals surface area contributed by atoms with Gasteiger partial charge >= 0.3 is 12.0 Å². The van der Waals surface area contributed by atoms with Crippen molar-refractivity contribution in [1.29, 1.82) is 0 Å². The second-order valence-electron chi connectivity index (χ2n) is 3.90. The van der Waals surface area contributed by atoms with Crippen LogP contribution in [0.1, 0.15) is 34.1 Å². The molecule has 0 aromatic heterocycles. The molecular weight excluding hydrogens is 184 g/mol. The molecule has 0 aromatic carbocycles. The van der Waals surface area contributed by atoms with Gasteiger partial charge in [0.1, 0.15) is 6.04 Å². The van der Waals surface area contributed by atoms with E-state index in [4.69, 9.17) is 5.11 Å². The summed E-state index contributed by atoms with van der Waals surface area (Å²) in [5, 5.41) is 13.5. The highest BCUT2D eigenvalue weighted by molar-refractivity contribution is 5.82. The molecule has 0 spiro atoms. The Labute approximate surface area is 83.9 Å². The number of hydrogen-bond acceptors (Lipinski definition) is 2. The Morgan fingerprint density at radius 2 is 1.93 bits per heavy atom. The number of aliphatic carboxylic acids is 1. The van der Waals surface area contributed by atoms with Gasteiger partial charge < -0.3 is 15.7 Å². The number of carbonyl (C=O) groups excluding carboxylic acids is 1. The predicted octanol–water partition coefficient (Wildman–Crippen LogP) is 0.947. The van der Waals surface area contributed by atoms with Gasteiger partial charge in [-0.1, -0.05) is 6.92 Å². The summed E-state index contributed by atoms with van der Waals surface area (Å²) in [5.74, 6) is -1.05. The Morgan fingerprint density at radius 3 is 2.29 bits per heavy atom. The highest BCUT2D eigenvalue weighted by Crippen LogP contribution is 2.05. The number of rotatable bonds is 4. The van der Waals surface area contributed by atoms with Crippen LogP contribution in [-0.4, -0.2) is 28.7 Å². The van der Waals surface area contributed by atoms with Crippen LogP contribution in [-0.2, 0) is 4.79 Å². The van der Waals surface area contributed by atoms with Crippen LogP contribution in [0.5, 0.6) is 0 Å². The molecule has 0 saturated heterocycles. The van der Waals surface area contributed by atoms with Crippen molar-refractivity contribution in [2.24, 2.45) is 0 Å². The molecule has 2 amide bonds. The number of carboxylic acid groups (broad SMARTS) is 1. The van der Waals surface area contributed by atoms with E-state index in [2.05, 4.69) is 10.6 Å². The maximum atomic E-state index is 11.2. The molecule has 0 rings (SSSR count). The van der Waals surface area contributed by atoms with Gasteiger partial charge in [-0.3, -0.25) is 4.79 Å². The van der Waals surface area contributed by atoms with Crippen molar-refractivity contribution in [3.05, 3.63) is 0 Å². The van der Waals surface area contributed by atoms with Gasteiger partial charge in [-0.2, -0.15) is 0 Å². The molecule has 0 saturated carbocycles. The van der Waals surface area contributed by atoms with Crippen LogP contribution < -0.4 is 10.6 Å². The summed E-state index contributed by atoms with van der Waals surface area (Å²) in [6.45, 7) is 7.11. The van der Waals surface area contributed by atoms with Crippen molar-refractivity contribution < 1.29 is 14.7 Å². The monoisotopic (exact) mass is 202 g/mol. The fourth-order valence-electron chi connectivity index (χ4n) is 0.690. The minimum Gasteiger partial charge on any atom is -0.480 e. The van der Waals surface area contributed by atoms with Gasteiger partial charge in [-0.15, -0.1) is 0 Å². The van der Waals surface area contributed by atoms with Crippen LogP contribution >= 0.6 is 0 Å². The normalized spacial score (nSPS) is 13.1. The Bertz CT molecular complexity index is 226. The largest absolute Gasteiger partial charge is 0.480 e. The minimum atomic E-state index is -1.05. The number of urea groups is 1. The van der Waals surface area contributed by atoms with Crippen molar-refractivity contribution in [3.63, 3.8) is 0 Å². The zero-order valence-corrected chi connectivity index (χ0v) is 9.05. The van der Waals surface area contributed by atoms with Crippen LogP contribution in [0.3, 0.4) is 0 Å². The summed E-state index contributed by atoms with van der Waals surface area (Å²) >= 11 is 0. The lowest BCUT2D eigenvalue weighted by Gasteiger charge is -2.25. The van der Waals surface area contributed by atoms with E-state index in [9.17, 15) is 9.59 Å². The number of amides is 2. The van der Waals surface area contributed by atoms with E-state index in [1.165, 1.54) is 6.92 Å². The third kappa shape index (κ3) is 4.69. The Morgan fingerprint density at radius 1 is 1.43 bits per heavy atom. The standard InChI is InChI=1S/C9H18N2O3/c1-5-9(3,4)11-8(14)10-6(2)7(12)13/h6H,5H2,1-4H3,(H,12,13)(H2,10,11,14). The fourth-order valence-corrected chi connectivity index (χ4v) is 0.690. The molecule has 1 unspecified atom stereocenters. The smallest absolute Gasteiger partial charge is 0.325 e. The molecule has 82 valence electrons. The first kappa shape index (κ1) is 12.7. The molecule has 1 atom stereocenters. The Hall–Kier alpha value is -1.26. The van der Waals surface area contributed by atoms with Crippen LogP contribution in [0.25, 0.3) is 0 Å². The quantitative estimate of drug-likeness (QED) is 0.635. The van der Waals surface area contributed by atoms with Gasteiger partial charge in [0, 0.05) is 5.54 Å². The lowest BCUT2D eigenvalue weighted by atomic mass is 10.0. The molecule has 5 heteroatoms. The molecule has 5 nitrogen and oxygen atoms in total. The molecule has 0 fully saturated rings. The highest BCUT2D eigenvalue weighted by Gasteiger charge is 2.20. The van der Waals surface area contributed by atoms with Gasteiger partial charge in [-0.25, -0.2) is 4.79 Å². The third-order valence-corrected chi connectivity index (χ3v) is 2.05. The number of carboxylic acids is 1. The van der Waals surface area contributed by atoms with E-state index < -0.39 is 18.0 Å². The number of hydrogen-bond donors (Lipinski definition) is 3. The topological polar surface area (TPSA) is 78.4 Å². The van der Waals surface area contributed by atoms with E-state index in [1.807, 2.05) is 20.8 Å². The maximum Gasteiger partial charge on any atom is 0.325 e. The molecule has 0 aliphatic rings. The molecule has 0 aromatic rings. The molecular formula is C9H18N2O3. The Kier molecular flexibility index (Phi) is 4.40. The lowest BCUT2D eigenvalue weighted by molar-refractivity contribution is -0.138. The molecule has 0 bridgehead atoms. The third-order valence-electron chi connectivity index (χ3n) is 2.05. The number of nitrogens with one attached hydrogen (secondary N) is 2. The van der Waals surface area contributed by atoms with E-state index in [0.29, 0.717) is 0 Å². The summed E-state index contributed by atoms with van der Waals surface area (Å²) < 4.78 is 0. The summed E-state index contributed by atoms with van der Waals surface area (Å²) in [6.07, 6.45) is 0.780. The van der Waals surface area contributed by atoms with E-state index >= 15 is 0 Å². The van der Waals surface area contributed by atoms with Crippen LogP contribution in [0, 0.1) is 0 Å². The van der Waals surface area contributed by atoms with Gasteiger partial charge in [0.25, 0.3) is 0 Å².